The quantitative estimate of drug-likeness (QED) is 0.278. The zero-order chi connectivity index (χ0) is 25.5. The average molecular weight is 519 g/mol. The number of hydrogen-bond acceptors (Lipinski definition) is 8. The first-order valence-electron chi connectivity index (χ1n) is 10.6. The molecule has 0 spiro atoms. The van der Waals surface area contributed by atoms with Gasteiger partial charge < -0.3 is 19.9 Å². The zero-order valence-electron chi connectivity index (χ0n) is 19.0. The number of amides is 3. The standard InChI is InChI=1S/C24H23ClN2O7S/c1-3-4-9-34-23(31)16-12-15(6-7-17(16)25)26-21(29)13-27-22(30)20(35-24(27)32)11-14-5-8-19(33-2)18(28)10-14/h5-8,10-12,28H,3-4,9,13H2,1-2H3,(H,26,29)/b20-11+. The molecule has 1 fully saturated rings. The third kappa shape index (κ3) is 6.55. The maximum absolute atomic E-state index is 12.7. The number of nitrogens with zero attached hydrogens (tertiary/aromatic N) is 1. The number of unbranched alkanes of at least 4 members (excludes halogenated alkanes) is 1. The van der Waals surface area contributed by atoms with Crippen LogP contribution in [-0.2, 0) is 14.3 Å². The van der Waals surface area contributed by atoms with E-state index in [4.69, 9.17) is 21.1 Å². The summed E-state index contributed by atoms with van der Waals surface area (Å²) in [7, 11) is 1.41. The van der Waals surface area contributed by atoms with E-state index >= 15 is 0 Å². The molecule has 11 heteroatoms. The maximum Gasteiger partial charge on any atom is 0.339 e. The molecule has 0 aliphatic carbocycles. The summed E-state index contributed by atoms with van der Waals surface area (Å²) in [5, 5.41) is 12.0. The van der Waals surface area contributed by atoms with Crippen molar-refractivity contribution in [2.75, 3.05) is 25.6 Å². The Kier molecular flexibility index (Phi) is 8.78. The largest absolute Gasteiger partial charge is 0.504 e. The zero-order valence-corrected chi connectivity index (χ0v) is 20.6. The minimum absolute atomic E-state index is 0.0948. The van der Waals surface area contributed by atoms with Gasteiger partial charge in [0.05, 0.1) is 29.2 Å². The van der Waals surface area contributed by atoms with Crippen LogP contribution in [0.1, 0.15) is 35.7 Å². The number of rotatable bonds is 9. The van der Waals surface area contributed by atoms with Gasteiger partial charge in [0.25, 0.3) is 11.1 Å². The molecule has 184 valence electrons. The summed E-state index contributed by atoms with van der Waals surface area (Å²) >= 11 is 6.77. The summed E-state index contributed by atoms with van der Waals surface area (Å²) in [5.41, 5.74) is 0.841. The SMILES string of the molecule is CCCCOC(=O)c1cc(NC(=O)CN2C(=O)S/C(=C/c3ccc(OC)c(O)c3)C2=O)ccc1Cl. The molecule has 0 unspecified atom stereocenters. The van der Waals surface area contributed by atoms with Crippen molar-refractivity contribution in [3.63, 3.8) is 0 Å². The lowest BCUT2D eigenvalue weighted by Crippen LogP contribution is -2.36. The van der Waals surface area contributed by atoms with Gasteiger partial charge in [-0.05, 0) is 60.2 Å². The number of thioether (sulfide) groups is 1. The predicted octanol–water partition coefficient (Wildman–Crippen LogP) is 4.69. The van der Waals surface area contributed by atoms with E-state index in [1.807, 2.05) is 6.92 Å². The van der Waals surface area contributed by atoms with Crippen molar-refractivity contribution < 1.29 is 33.8 Å². The van der Waals surface area contributed by atoms with E-state index in [9.17, 15) is 24.3 Å². The first-order valence-corrected chi connectivity index (χ1v) is 11.8. The summed E-state index contributed by atoms with van der Waals surface area (Å²) in [6.45, 7) is 1.70. The van der Waals surface area contributed by atoms with Gasteiger partial charge in [-0.3, -0.25) is 19.3 Å². The number of carbonyl (C=O) groups excluding carboxylic acids is 4. The smallest absolute Gasteiger partial charge is 0.339 e. The fourth-order valence-electron chi connectivity index (χ4n) is 3.07. The van der Waals surface area contributed by atoms with Crippen LogP contribution < -0.4 is 10.1 Å². The van der Waals surface area contributed by atoms with Crippen LogP contribution >= 0.6 is 23.4 Å². The van der Waals surface area contributed by atoms with Gasteiger partial charge in [0.15, 0.2) is 11.5 Å². The van der Waals surface area contributed by atoms with Gasteiger partial charge in [-0.1, -0.05) is 31.0 Å². The van der Waals surface area contributed by atoms with Crippen molar-refractivity contribution in [1.29, 1.82) is 0 Å². The second-order valence-electron chi connectivity index (χ2n) is 7.43. The fraction of sp³-hybridized carbons (Fsp3) is 0.250. The third-order valence-electron chi connectivity index (χ3n) is 4.88. The molecule has 3 amide bonds. The molecular weight excluding hydrogens is 496 g/mol. The minimum Gasteiger partial charge on any atom is -0.504 e. The number of ether oxygens (including phenoxy) is 2. The number of anilines is 1. The second-order valence-corrected chi connectivity index (χ2v) is 8.83. The molecule has 2 aromatic carbocycles. The highest BCUT2D eigenvalue weighted by molar-refractivity contribution is 8.18. The Morgan fingerprint density at radius 2 is 1.97 bits per heavy atom. The number of methoxy groups -OCH3 is 1. The van der Waals surface area contributed by atoms with Gasteiger partial charge in [-0.2, -0.15) is 0 Å². The number of nitrogens with one attached hydrogen (secondary N) is 1. The van der Waals surface area contributed by atoms with Crippen molar-refractivity contribution in [2.45, 2.75) is 19.8 Å². The second kappa shape index (κ2) is 11.8. The predicted molar refractivity (Wildman–Crippen MR) is 133 cm³/mol. The molecule has 3 rings (SSSR count). The van der Waals surface area contributed by atoms with Crippen molar-refractivity contribution in [2.24, 2.45) is 0 Å². The number of carbonyl (C=O) groups is 4. The number of phenolic OH excluding ortho intramolecular Hbond substituents is 1. The van der Waals surface area contributed by atoms with E-state index < -0.39 is 29.6 Å². The fourth-order valence-corrected chi connectivity index (χ4v) is 4.11. The Bertz CT molecular complexity index is 1200. The van der Waals surface area contributed by atoms with Gasteiger partial charge in [0.2, 0.25) is 5.91 Å². The molecule has 0 saturated carbocycles. The Labute approximate surface area is 211 Å². The lowest BCUT2D eigenvalue weighted by atomic mass is 10.2. The summed E-state index contributed by atoms with van der Waals surface area (Å²) in [6.07, 6.45) is 3.02. The number of aromatic hydroxyl groups is 1. The van der Waals surface area contributed by atoms with E-state index in [1.165, 1.54) is 43.5 Å². The van der Waals surface area contributed by atoms with Crippen molar-refractivity contribution in [1.82, 2.24) is 4.90 Å². The number of halogens is 1. The molecule has 1 aliphatic heterocycles. The van der Waals surface area contributed by atoms with Crippen molar-refractivity contribution in [3.8, 4) is 11.5 Å². The van der Waals surface area contributed by atoms with Crippen molar-refractivity contribution in [3.05, 3.63) is 57.5 Å². The average Bonchev–Trinajstić information content (AvgIpc) is 3.07. The molecule has 0 radical (unpaired) electrons. The van der Waals surface area contributed by atoms with E-state index in [-0.39, 0.29) is 39.3 Å². The molecule has 2 N–H and O–H groups in total. The topological polar surface area (TPSA) is 122 Å². The summed E-state index contributed by atoms with van der Waals surface area (Å²) in [5.74, 6) is -1.73. The Morgan fingerprint density at radius 3 is 2.66 bits per heavy atom. The Morgan fingerprint density at radius 1 is 1.20 bits per heavy atom. The molecule has 1 saturated heterocycles. The van der Waals surface area contributed by atoms with E-state index in [2.05, 4.69) is 5.32 Å². The first-order chi connectivity index (χ1) is 16.7. The van der Waals surface area contributed by atoms with Gasteiger partial charge >= 0.3 is 5.97 Å². The maximum atomic E-state index is 12.7. The summed E-state index contributed by atoms with van der Waals surface area (Å²) in [4.78, 5) is 50.7. The summed E-state index contributed by atoms with van der Waals surface area (Å²) < 4.78 is 10.1. The highest BCUT2D eigenvalue weighted by Gasteiger charge is 2.36. The highest BCUT2D eigenvalue weighted by Crippen LogP contribution is 2.34. The van der Waals surface area contributed by atoms with E-state index in [1.54, 1.807) is 6.07 Å². The molecule has 2 aromatic rings. The number of hydrogen-bond donors (Lipinski definition) is 2. The highest BCUT2D eigenvalue weighted by atomic mass is 35.5. The number of benzene rings is 2. The lowest BCUT2D eigenvalue weighted by Gasteiger charge is -2.13. The van der Waals surface area contributed by atoms with Crippen molar-refractivity contribution >= 4 is 58.1 Å². The Balaban J connectivity index is 1.66. The molecule has 0 atom stereocenters. The first kappa shape index (κ1) is 26.1. The van der Waals surface area contributed by atoms with E-state index in [0.29, 0.717) is 23.7 Å². The monoisotopic (exact) mass is 518 g/mol. The number of phenols is 1. The van der Waals surface area contributed by atoms with Gasteiger partial charge in [0, 0.05) is 5.69 Å². The molecule has 0 aromatic heterocycles. The summed E-state index contributed by atoms with van der Waals surface area (Å²) in [6, 6.07) is 8.85. The van der Waals surface area contributed by atoms with Gasteiger partial charge in [-0.25, -0.2) is 4.79 Å². The van der Waals surface area contributed by atoms with Crippen LogP contribution in [0.15, 0.2) is 41.3 Å². The van der Waals surface area contributed by atoms with Crippen LogP contribution in [0.3, 0.4) is 0 Å². The molecule has 1 heterocycles. The van der Waals surface area contributed by atoms with Gasteiger partial charge in [0.1, 0.15) is 6.54 Å². The van der Waals surface area contributed by atoms with Crippen LogP contribution in [0.5, 0.6) is 11.5 Å². The van der Waals surface area contributed by atoms with Crippen LogP contribution in [0.2, 0.25) is 5.02 Å². The Hall–Kier alpha value is -3.50. The minimum atomic E-state index is -0.637. The molecule has 35 heavy (non-hydrogen) atoms. The molecule has 9 nitrogen and oxygen atoms in total. The number of esters is 1. The lowest BCUT2D eigenvalue weighted by molar-refractivity contribution is -0.127. The van der Waals surface area contributed by atoms with Crippen LogP contribution in [0.4, 0.5) is 10.5 Å². The third-order valence-corrected chi connectivity index (χ3v) is 6.11. The normalized spacial score (nSPS) is 14.4. The molecule has 1 aliphatic rings. The van der Waals surface area contributed by atoms with Crippen LogP contribution in [-0.4, -0.2) is 53.3 Å². The molecule has 0 bridgehead atoms. The van der Waals surface area contributed by atoms with Crippen LogP contribution in [0.25, 0.3) is 6.08 Å². The van der Waals surface area contributed by atoms with Crippen LogP contribution in [0, 0.1) is 0 Å². The number of imide groups is 1. The molecular formula is C24H23ClN2O7S. The van der Waals surface area contributed by atoms with E-state index in [0.717, 1.165) is 11.3 Å². The van der Waals surface area contributed by atoms with Gasteiger partial charge in [-0.15, -0.1) is 0 Å².